The van der Waals surface area contributed by atoms with Gasteiger partial charge in [0.15, 0.2) is 0 Å². The number of β-amino-alcohol motifs (C(OH)–C–C–N with tert-alkyl or cyclic N) is 1. The van der Waals surface area contributed by atoms with E-state index in [0.29, 0.717) is 12.3 Å². The fraction of sp³-hybridized carbons (Fsp3) is 0.238. The van der Waals surface area contributed by atoms with Crippen molar-refractivity contribution < 1.29 is 14.9 Å². The van der Waals surface area contributed by atoms with Gasteiger partial charge in [0.1, 0.15) is 24.2 Å². The van der Waals surface area contributed by atoms with Crippen LogP contribution in [0.3, 0.4) is 0 Å². The van der Waals surface area contributed by atoms with Crippen molar-refractivity contribution in [3.63, 3.8) is 0 Å². The Labute approximate surface area is 146 Å². The number of nitrogens with zero attached hydrogens (tertiary/aromatic N) is 1. The first-order chi connectivity index (χ1) is 12.2. The van der Waals surface area contributed by atoms with E-state index in [1.165, 1.54) is 5.56 Å². The molecule has 0 spiro atoms. The Hall–Kier alpha value is -2.56. The first-order valence-corrected chi connectivity index (χ1v) is 8.51. The van der Waals surface area contributed by atoms with Gasteiger partial charge in [-0.2, -0.15) is 0 Å². The van der Waals surface area contributed by atoms with E-state index in [1.54, 1.807) is 12.1 Å². The summed E-state index contributed by atoms with van der Waals surface area (Å²) in [5.74, 6) is 1.09. The van der Waals surface area contributed by atoms with Gasteiger partial charge < -0.3 is 14.9 Å². The predicted octanol–water partition coefficient (Wildman–Crippen LogP) is 3.30. The van der Waals surface area contributed by atoms with Crippen LogP contribution >= 0.6 is 0 Å². The summed E-state index contributed by atoms with van der Waals surface area (Å²) in [5.41, 5.74) is 2.34. The summed E-state index contributed by atoms with van der Waals surface area (Å²) in [5, 5.41) is 22.1. The second-order valence-corrected chi connectivity index (χ2v) is 6.56. The number of fused-ring (bicyclic) bond motifs is 2. The van der Waals surface area contributed by atoms with Crippen LogP contribution in [0, 0.1) is 0 Å². The molecule has 1 heterocycles. The first-order valence-electron chi connectivity index (χ1n) is 8.51. The molecule has 0 fully saturated rings. The Morgan fingerprint density at radius 3 is 2.68 bits per heavy atom. The van der Waals surface area contributed by atoms with Crippen LogP contribution in [0.2, 0.25) is 0 Å². The van der Waals surface area contributed by atoms with Crippen LogP contribution < -0.4 is 4.74 Å². The third kappa shape index (κ3) is 3.45. The SMILES string of the molecule is Oc1ccc2c(c1)CN(CC(O)COc1cccc3ccccc13)C2. The lowest BCUT2D eigenvalue weighted by atomic mass is 10.1. The molecule has 3 aromatic rings. The molecule has 1 unspecified atom stereocenters. The number of hydrogen-bond acceptors (Lipinski definition) is 4. The number of aromatic hydroxyl groups is 1. The van der Waals surface area contributed by atoms with E-state index in [2.05, 4.69) is 17.0 Å². The molecule has 0 aliphatic carbocycles. The smallest absolute Gasteiger partial charge is 0.127 e. The molecule has 0 saturated carbocycles. The summed E-state index contributed by atoms with van der Waals surface area (Å²) < 4.78 is 5.87. The molecule has 0 amide bonds. The van der Waals surface area contributed by atoms with Crippen LogP contribution in [0.15, 0.2) is 60.7 Å². The standard InChI is InChI=1S/C21H21NO3/c23-18-9-8-16-11-22(12-17(16)10-18)13-19(24)14-25-21-7-3-5-15-4-1-2-6-20(15)21/h1-10,19,23-24H,11-14H2. The Bertz CT molecular complexity index is 888. The number of aliphatic hydroxyl groups is 1. The zero-order valence-corrected chi connectivity index (χ0v) is 13.9. The van der Waals surface area contributed by atoms with Crippen molar-refractivity contribution in [2.75, 3.05) is 13.2 Å². The number of ether oxygens (including phenoxy) is 1. The molecule has 4 rings (SSSR count). The van der Waals surface area contributed by atoms with Gasteiger partial charge in [0, 0.05) is 25.0 Å². The average molecular weight is 335 g/mol. The van der Waals surface area contributed by atoms with Crippen LogP contribution in [0.25, 0.3) is 10.8 Å². The second kappa shape index (κ2) is 6.75. The topological polar surface area (TPSA) is 52.9 Å². The van der Waals surface area contributed by atoms with E-state index in [0.717, 1.165) is 35.2 Å². The van der Waals surface area contributed by atoms with Gasteiger partial charge in [-0.1, -0.05) is 42.5 Å². The zero-order valence-electron chi connectivity index (χ0n) is 13.9. The molecule has 0 saturated heterocycles. The van der Waals surface area contributed by atoms with E-state index >= 15 is 0 Å². The highest BCUT2D eigenvalue weighted by atomic mass is 16.5. The fourth-order valence-electron chi connectivity index (χ4n) is 3.44. The largest absolute Gasteiger partial charge is 0.508 e. The Balaban J connectivity index is 1.36. The number of benzene rings is 3. The Morgan fingerprint density at radius 2 is 1.76 bits per heavy atom. The maximum atomic E-state index is 10.4. The van der Waals surface area contributed by atoms with Crippen molar-refractivity contribution >= 4 is 10.8 Å². The third-order valence-corrected chi connectivity index (χ3v) is 4.63. The lowest BCUT2D eigenvalue weighted by molar-refractivity contribution is 0.0678. The first kappa shape index (κ1) is 15.9. The van der Waals surface area contributed by atoms with Crippen molar-refractivity contribution in [2.24, 2.45) is 0 Å². The Morgan fingerprint density at radius 1 is 0.960 bits per heavy atom. The molecule has 1 aliphatic rings. The highest BCUT2D eigenvalue weighted by Crippen LogP contribution is 2.27. The van der Waals surface area contributed by atoms with Gasteiger partial charge in [0.05, 0.1) is 0 Å². The Kier molecular flexibility index (Phi) is 4.30. The quantitative estimate of drug-likeness (QED) is 0.751. The molecule has 3 aromatic carbocycles. The second-order valence-electron chi connectivity index (χ2n) is 6.56. The minimum Gasteiger partial charge on any atom is -0.508 e. The van der Waals surface area contributed by atoms with E-state index < -0.39 is 6.10 Å². The van der Waals surface area contributed by atoms with Crippen LogP contribution in [0.5, 0.6) is 11.5 Å². The molecular formula is C21H21NO3. The van der Waals surface area contributed by atoms with Gasteiger partial charge in [-0.25, -0.2) is 0 Å². The van der Waals surface area contributed by atoms with Crippen LogP contribution in [-0.4, -0.2) is 34.4 Å². The molecule has 128 valence electrons. The lowest BCUT2D eigenvalue weighted by Gasteiger charge is -2.20. The summed E-state index contributed by atoms with van der Waals surface area (Å²) >= 11 is 0. The molecule has 0 bridgehead atoms. The van der Waals surface area contributed by atoms with E-state index in [9.17, 15) is 10.2 Å². The molecule has 1 aliphatic heterocycles. The zero-order chi connectivity index (χ0) is 17.2. The molecule has 0 aromatic heterocycles. The number of phenols is 1. The number of phenolic OH excluding ortho intramolecular Hbond substituents is 1. The summed E-state index contributed by atoms with van der Waals surface area (Å²) in [7, 11) is 0. The summed E-state index contributed by atoms with van der Waals surface area (Å²) in [6.07, 6.45) is -0.568. The highest BCUT2D eigenvalue weighted by Gasteiger charge is 2.21. The maximum absolute atomic E-state index is 10.4. The van der Waals surface area contributed by atoms with E-state index in [-0.39, 0.29) is 6.61 Å². The number of rotatable bonds is 5. The average Bonchev–Trinajstić information content (AvgIpc) is 3.01. The molecule has 4 heteroatoms. The highest BCUT2D eigenvalue weighted by molar-refractivity contribution is 5.88. The van der Waals surface area contributed by atoms with Crippen molar-refractivity contribution in [3.05, 3.63) is 71.8 Å². The fourth-order valence-corrected chi connectivity index (χ4v) is 3.44. The van der Waals surface area contributed by atoms with Crippen molar-refractivity contribution in [1.82, 2.24) is 4.90 Å². The molecule has 4 nitrogen and oxygen atoms in total. The lowest BCUT2D eigenvalue weighted by Crippen LogP contribution is -2.32. The van der Waals surface area contributed by atoms with Gasteiger partial charge >= 0.3 is 0 Å². The van der Waals surface area contributed by atoms with Crippen molar-refractivity contribution in [3.8, 4) is 11.5 Å². The molecule has 25 heavy (non-hydrogen) atoms. The van der Waals surface area contributed by atoms with Crippen molar-refractivity contribution in [1.29, 1.82) is 0 Å². The summed E-state index contributed by atoms with van der Waals surface area (Å²) in [6.45, 7) is 2.34. The van der Waals surface area contributed by atoms with Gasteiger partial charge in [-0.3, -0.25) is 4.90 Å². The summed E-state index contributed by atoms with van der Waals surface area (Å²) in [6, 6.07) is 19.5. The predicted molar refractivity (Wildman–Crippen MR) is 97.7 cm³/mol. The molecular weight excluding hydrogens is 314 g/mol. The maximum Gasteiger partial charge on any atom is 0.127 e. The minimum atomic E-state index is -0.568. The normalized spacial score (nSPS) is 15.2. The van der Waals surface area contributed by atoms with Crippen LogP contribution in [-0.2, 0) is 13.1 Å². The summed E-state index contributed by atoms with van der Waals surface area (Å²) in [4.78, 5) is 2.17. The van der Waals surface area contributed by atoms with E-state index in [1.807, 2.05) is 36.4 Å². The van der Waals surface area contributed by atoms with Gasteiger partial charge in [-0.05, 0) is 34.7 Å². The van der Waals surface area contributed by atoms with Gasteiger partial charge in [0.25, 0.3) is 0 Å². The van der Waals surface area contributed by atoms with Gasteiger partial charge in [-0.15, -0.1) is 0 Å². The molecule has 2 N–H and O–H groups in total. The number of hydrogen-bond donors (Lipinski definition) is 2. The minimum absolute atomic E-state index is 0.256. The third-order valence-electron chi connectivity index (χ3n) is 4.63. The molecule has 1 atom stereocenters. The van der Waals surface area contributed by atoms with E-state index in [4.69, 9.17) is 4.74 Å². The van der Waals surface area contributed by atoms with Crippen molar-refractivity contribution in [2.45, 2.75) is 19.2 Å². The van der Waals surface area contributed by atoms with Crippen LogP contribution in [0.1, 0.15) is 11.1 Å². The molecule has 0 radical (unpaired) electrons. The monoisotopic (exact) mass is 335 g/mol. The van der Waals surface area contributed by atoms with Gasteiger partial charge in [0.2, 0.25) is 0 Å². The number of aliphatic hydroxyl groups excluding tert-OH is 1. The van der Waals surface area contributed by atoms with Crippen LogP contribution in [0.4, 0.5) is 0 Å².